The van der Waals surface area contributed by atoms with E-state index in [0.29, 0.717) is 6.54 Å². The molecule has 0 spiro atoms. The second-order valence-electron chi connectivity index (χ2n) is 7.13. The van der Waals surface area contributed by atoms with Crippen LogP contribution in [0.5, 0.6) is 5.75 Å². The maximum atomic E-state index is 11.3. The molecule has 1 aromatic rings. The normalized spacial score (nSPS) is 16.2. The van der Waals surface area contributed by atoms with E-state index in [-0.39, 0.29) is 12.1 Å². The highest BCUT2D eigenvalue weighted by molar-refractivity contribution is 5.66. The molecule has 1 aliphatic heterocycles. The molecule has 27 heavy (non-hydrogen) atoms. The summed E-state index contributed by atoms with van der Waals surface area (Å²) in [5, 5.41) is 2.76. The molecule has 1 fully saturated rings. The second-order valence-corrected chi connectivity index (χ2v) is 7.13. The standard InChI is InChI=1S/C21H35N3O3/c1-5-24(14-11-22-21(25)27-4)17(2)18-9-10-20(26-3)19(15-18)16-23-12-7-6-8-13-23/h9-10,15,17H,5-8,11-14,16H2,1-4H3,(H,22,25). The number of nitrogens with one attached hydrogen (secondary N) is 1. The molecule has 0 aliphatic carbocycles. The molecule has 0 saturated carbocycles. The van der Waals surface area contributed by atoms with E-state index in [1.807, 2.05) is 0 Å². The first-order valence-electron chi connectivity index (χ1n) is 10.0. The van der Waals surface area contributed by atoms with Gasteiger partial charge in [-0.2, -0.15) is 0 Å². The third-order valence-electron chi connectivity index (χ3n) is 5.44. The second kappa shape index (κ2) is 11.1. The van der Waals surface area contributed by atoms with E-state index in [9.17, 15) is 4.79 Å². The lowest BCUT2D eigenvalue weighted by molar-refractivity contribution is 0.165. The van der Waals surface area contributed by atoms with E-state index >= 15 is 0 Å². The number of amides is 1. The number of carbonyl (C=O) groups excluding carboxylic acids is 1. The summed E-state index contributed by atoms with van der Waals surface area (Å²) >= 11 is 0. The van der Waals surface area contributed by atoms with Gasteiger partial charge in [-0.25, -0.2) is 4.79 Å². The third-order valence-corrected chi connectivity index (χ3v) is 5.44. The third kappa shape index (κ3) is 6.40. The molecule has 1 unspecified atom stereocenters. The Bertz CT molecular complexity index is 588. The van der Waals surface area contributed by atoms with Gasteiger partial charge in [-0.1, -0.05) is 19.4 Å². The van der Waals surface area contributed by atoms with Gasteiger partial charge >= 0.3 is 6.09 Å². The predicted octanol–water partition coefficient (Wildman–Crippen LogP) is 3.42. The number of likely N-dealkylation sites (N-methyl/N-ethyl adjacent to an activating group) is 1. The van der Waals surface area contributed by atoms with Crippen molar-refractivity contribution in [2.45, 2.75) is 45.7 Å². The number of hydrogen-bond donors (Lipinski definition) is 1. The summed E-state index contributed by atoms with van der Waals surface area (Å²) in [7, 11) is 3.13. The van der Waals surface area contributed by atoms with Gasteiger partial charge in [-0.15, -0.1) is 0 Å². The fraction of sp³-hybridized carbons (Fsp3) is 0.667. The Kier molecular flexibility index (Phi) is 8.88. The first kappa shape index (κ1) is 21.5. The zero-order valence-corrected chi connectivity index (χ0v) is 17.3. The molecule has 0 radical (unpaired) electrons. The Morgan fingerprint density at radius 3 is 2.63 bits per heavy atom. The molecule has 6 heteroatoms. The number of alkyl carbamates (subject to hydrolysis) is 1. The van der Waals surface area contributed by atoms with E-state index in [2.05, 4.69) is 51.9 Å². The Morgan fingerprint density at radius 1 is 1.26 bits per heavy atom. The summed E-state index contributed by atoms with van der Waals surface area (Å²) in [6.45, 7) is 9.91. The summed E-state index contributed by atoms with van der Waals surface area (Å²) in [6.07, 6.45) is 3.53. The van der Waals surface area contributed by atoms with Gasteiger partial charge in [0.1, 0.15) is 5.75 Å². The number of ether oxygens (including phenoxy) is 2. The molecule has 1 saturated heterocycles. The first-order valence-corrected chi connectivity index (χ1v) is 10.0. The van der Waals surface area contributed by atoms with E-state index in [0.717, 1.165) is 25.4 Å². The number of benzene rings is 1. The topological polar surface area (TPSA) is 54.0 Å². The number of methoxy groups -OCH3 is 2. The lowest BCUT2D eigenvalue weighted by Crippen LogP contribution is -2.36. The zero-order valence-electron chi connectivity index (χ0n) is 17.3. The van der Waals surface area contributed by atoms with Crippen LogP contribution in [0.4, 0.5) is 4.79 Å². The van der Waals surface area contributed by atoms with Gasteiger partial charge in [0, 0.05) is 31.2 Å². The van der Waals surface area contributed by atoms with Gasteiger partial charge in [0.2, 0.25) is 0 Å². The minimum Gasteiger partial charge on any atom is -0.496 e. The Hall–Kier alpha value is -1.79. The highest BCUT2D eigenvalue weighted by Gasteiger charge is 2.18. The van der Waals surface area contributed by atoms with E-state index < -0.39 is 0 Å². The van der Waals surface area contributed by atoms with Crippen LogP contribution in [0, 0.1) is 0 Å². The van der Waals surface area contributed by atoms with Crippen LogP contribution in [0.25, 0.3) is 0 Å². The van der Waals surface area contributed by atoms with Crippen LogP contribution >= 0.6 is 0 Å². The van der Waals surface area contributed by atoms with Crippen molar-refractivity contribution >= 4 is 6.09 Å². The predicted molar refractivity (Wildman–Crippen MR) is 108 cm³/mol. The van der Waals surface area contributed by atoms with Crippen LogP contribution in [0.2, 0.25) is 0 Å². The monoisotopic (exact) mass is 377 g/mol. The molecular weight excluding hydrogens is 342 g/mol. The van der Waals surface area contributed by atoms with E-state index in [4.69, 9.17) is 4.74 Å². The molecule has 0 aromatic heterocycles. The highest BCUT2D eigenvalue weighted by Crippen LogP contribution is 2.28. The van der Waals surface area contributed by atoms with E-state index in [1.54, 1.807) is 7.11 Å². The molecule has 1 heterocycles. The van der Waals surface area contributed by atoms with Crippen molar-refractivity contribution in [3.63, 3.8) is 0 Å². The molecule has 1 atom stereocenters. The van der Waals surface area contributed by atoms with Gasteiger partial charge in [-0.05, 0) is 57.1 Å². The quantitative estimate of drug-likeness (QED) is 0.715. The van der Waals surface area contributed by atoms with Crippen LogP contribution in [-0.4, -0.2) is 62.8 Å². The summed E-state index contributed by atoms with van der Waals surface area (Å²) in [5.74, 6) is 0.965. The molecule has 1 aromatic carbocycles. The summed E-state index contributed by atoms with van der Waals surface area (Å²) in [5.41, 5.74) is 2.54. The lowest BCUT2D eigenvalue weighted by atomic mass is 10.0. The van der Waals surface area contributed by atoms with Crippen molar-refractivity contribution < 1.29 is 14.3 Å². The molecule has 1 amide bonds. The van der Waals surface area contributed by atoms with Gasteiger partial charge in [0.15, 0.2) is 0 Å². The van der Waals surface area contributed by atoms with Crippen LogP contribution < -0.4 is 10.1 Å². The van der Waals surface area contributed by atoms with Crippen molar-refractivity contribution in [3.8, 4) is 5.75 Å². The Morgan fingerprint density at radius 2 is 2.00 bits per heavy atom. The molecule has 0 bridgehead atoms. The molecule has 152 valence electrons. The van der Waals surface area contributed by atoms with Gasteiger partial charge in [-0.3, -0.25) is 9.80 Å². The van der Waals surface area contributed by atoms with Crippen molar-refractivity contribution in [2.75, 3.05) is 46.9 Å². The van der Waals surface area contributed by atoms with Gasteiger partial charge < -0.3 is 14.8 Å². The minimum atomic E-state index is -0.382. The fourth-order valence-electron chi connectivity index (χ4n) is 3.75. The average Bonchev–Trinajstić information content (AvgIpc) is 2.71. The summed E-state index contributed by atoms with van der Waals surface area (Å²) in [6, 6.07) is 6.79. The lowest BCUT2D eigenvalue weighted by Gasteiger charge is -2.30. The largest absolute Gasteiger partial charge is 0.496 e. The van der Waals surface area contributed by atoms with Crippen molar-refractivity contribution in [1.29, 1.82) is 0 Å². The molecule has 1 aliphatic rings. The van der Waals surface area contributed by atoms with Crippen molar-refractivity contribution in [2.24, 2.45) is 0 Å². The van der Waals surface area contributed by atoms with Gasteiger partial charge in [0.25, 0.3) is 0 Å². The number of rotatable bonds is 9. The van der Waals surface area contributed by atoms with Crippen molar-refractivity contribution in [3.05, 3.63) is 29.3 Å². The highest BCUT2D eigenvalue weighted by atomic mass is 16.5. The molecule has 2 rings (SSSR count). The number of nitrogens with zero attached hydrogens (tertiary/aromatic N) is 2. The average molecular weight is 378 g/mol. The van der Waals surface area contributed by atoms with Crippen LogP contribution in [0.15, 0.2) is 18.2 Å². The number of hydrogen-bond acceptors (Lipinski definition) is 5. The van der Waals surface area contributed by atoms with Crippen LogP contribution in [0.3, 0.4) is 0 Å². The molecule has 6 nitrogen and oxygen atoms in total. The maximum Gasteiger partial charge on any atom is 0.406 e. The minimum absolute atomic E-state index is 0.264. The van der Waals surface area contributed by atoms with Crippen molar-refractivity contribution in [1.82, 2.24) is 15.1 Å². The first-order chi connectivity index (χ1) is 13.1. The van der Waals surface area contributed by atoms with Crippen LogP contribution in [0.1, 0.15) is 50.3 Å². The van der Waals surface area contributed by atoms with Crippen LogP contribution in [-0.2, 0) is 11.3 Å². The SMILES string of the molecule is CCN(CCNC(=O)OC)C(C)c1ccc(OC)c(CN2CCCCC2)c1. The summed E-state index contributed by atoms with van der Waals surface area (Å²) in [4.78, 5) is 16.1. The summed E-state index contributed by atoms with van der Waals surface area (Å²) < 4.78 is 10.2. The zero-order chi connectivity index (χ0) is 19.6. The number of carbonyl (C=O) groups is 1. The van der Waals surface area contributed by atoms with Gasteiger partial charge in [0.05, 0.1) is 14.2 Å². The Balaban J connectivity index is 2.05. The Labute approximate surface area is 163 Å². The smallest absolute Gasteiger partial charge is 0.406 e. The fourth-order valence-corrected chi connectivity index (χ4v) is 3.75. The van der Waals surface area contributed by atoms with E-state index in [1.165, 1.54) is 50.6 Å². The number of likely N-dealkylation sites (tertiary alicyclic amines) is 1. The molecule has 1 N–H and O–H groups in total. The number of piperidine rings is 1. The maximum absolute atomic E-state index is 11.3. The molecular formula is C21H35N3O3.